The molecule has 1 aliphatic heterocycles. The second kappa shape index (κ2) is 4.74. The second-order valence-electron chi connectivity index (χ2n) is 4.98. The monoisotopic (exact) mass is 322 g/mol. The number of rotatable bonds is 1. The normalized spacial score (nSPS) is 22.8. The average molecular weight is 322 g/mol. The van der Waals surface area contributed by atoms with Gasteiger partial charge in [-0.15, -0.1) is 0 Å². The van der Waals surface area contributed by atoms with Gasteiger partial charge in [0, 0.05) is 12.7 Å². The van der Waals surface area contributed by atoms with Crippen LogP contribution in [-0.4, -0.2) is 22.5 Å². The van der Waals surface area contributed by atoms with Crippen molar-refractivity contribution in [3.63, 3.8) is 0 Å². The van der Waals surface area contributed by atoms with E-state index in [-0.39, 0.29) is 16.5 Å². The Morgan fingerprint density at radius 3 is 2.45 bits per heavy atom. The van der Waals surface area contributed by atoms with Gasteiger partial charge in [0.25, 0.3) is 0 Å². The summed E-state index contributed by atoms with van der Waals surface area (Å²) in [6.45, 7) is 5.03. The number of hydrogen-bond donors (Lipinski definition) is 1. The lowest BCUT2D eigenvalue weighted by Gasteiger charge is -2.40. The Hall–Kier alpha value is -1.07. The van der Waals surface area contributed by atoms with Crippen molar-refractivity contribution in [3.05, 3.63) is 23.8 Å². The summed E-state index contributed by atoms with van der Waals surface area (Å²) in [6, 6.07) is 3.01. The number of benzene rings is 1. The molecule has 3 nitrogen and oxygen atoms in total. The molecule has 1 aliphatic rings. The molecule has 8 heteroatoms. The van der Waals surface area contributed by atoms with Crippen molar-refractivity contribution in [1.82, 2.24) is 4.67 Å². The van der Waals surface area contributed by atoms with Crippen molar-refractivity contribution >= 4 is 35.6 Å². The largest absolute Gasteiger partial charge is 0.416 e. The van der Waals surface area contributed by atoms with E-state index in [1.807, 2.05) is 0 Å². The molecule has 0 amide bonds. The minimum absolute atomic E-state index is 0.162. The van der Waals surface area contributed by atoms with Crippen LogP contribution in [0.25, 0.3) is 0 Å². The van der Waals surface area contributed by atoms with Gasteiger partial charge in [0.15, 0.2) is 5.11 Å². The van der Waals surface area contributed by atoms with Gasteiger partial charge in [-0.1, -0.05) is 0 Å². The molecule has 0 saturated heterocycles. The number of thiocarbonyl (C=S) groups is 1. The van der Waals surface area contributed by atoms with Crippen LogP contribution < -0.4 is 10.6 Å². The van der Waals surface area contributed by atoms with Crippen LogP contribution in [0.4, 0.5) is 18.9 Å². The third-order valence-electron chi connectivity index (χ3n) is 3.12. The highest BCUT2D eigenvalue weighted by molar-refractivity contribution is 7.82. The summed E-state index contributed by atoms with van der Waals surface area (Å²) in [5, 5.41) is 3.28. The Morgan fingerprint density at radius 2 is 1.95 bits per heavy atom. The minimum Gasteiger partial charge on any atom is -0.332 e. The van der Waals surface area contributed by atoms with Crippen LogP contribution in [-0.2, 0) is 10.7 Å². The van der Waals surface area contributed by atoms with E-state index in [2.05, 4.69) is 5.32 Å². The molecule has 0 radical (unpaired) electrons. The van der Waals surface area contributed by atoms with Crippen LogP contribution in [0.1, 0.15) is 19.4 Å². The third-order valence-corrected chi connectivity index (χ3v) is 6.30. The molecular weight excluding hydrogens is 308 g/mol. The molecule has 2 rings (SSSR count). The van der Waals surface area contributed by atoms with Crippen molar-refractivity contribution in [2.75, 3.05) is 12.0 Å². The van der Waals surface area contributed by atoms with Crippen LogP contribution >= 0.6 is 19.5 Å². The Kier molecular flexibility index (Phi) is 3.63. The predicted molar refractivity (Wildman–Crippen MR) is 77.8 cm³/mol. The van der Waals surface area contributed by atoms with E-state index >= 15 is 0 Å². The zero-order valence-corrected chi connectivity index (χ0v) is 12.9. The summed E-state index contributed by atoms with van der Waals surface area (Å²) in [4.78, 5) is 0. The summed E-state index contributed by atoms with van der Waals surface area (Å²) in [5.41, 5.74) is -0.428. The molecule has 110 valence electrons. The first kappa shape index (κ1) is 15.3. The molecule has 0 saturated carbocycles. The predicted octanol–water partition coefficient (Wildman–Crippen LogP) is 3.66. The van der Waals surface area contributed by atoms with Gasteiger partial charge >= 0.3 is 6.18 Å². The topological polar surface area (TPSA) is 32.3 Å². The molecule has 0 aliphatic carbocycles. The fourth-order valence-electron chi connectivity index (χ4n) is 2.29. The number of alkyl halides is 3. The van der Waals surface area contributed by atoms with E-state index in [0.717, 1.165) is 12.1 Å². The zero-order chi connectivity index (χ0) is 15.3. The zero-order valence-electron chi connectivity index (χ0n) is 11.2. The van der Waals surface area contributed by atoms with E-state index in [0.29, 0.717) is 5.69 Å². The van der Waals surface area contributed by atoms with Gasteiger partial charge in [-0.2, -0.15) is 13.2 Å². The molecule has 0 bridgehead atoms. The first-order chi connectivity index (χ1) is 9.05. The molecule has 0 fully saturated rings. The Balaban J connectivity index is 2.63. The Bertz CT molecular complexity index is 615. The molecule has 1 heterocycles. The SMILES string of the molecule is CC(C)N1C(=S)Nc2ccc(C(F)(F)F)cc2P1(C)=O. The van der Waals surface area contributed by atoms with E-state index in [4.69, 9.17) is 12.2 Å². The number of halogens is 3. The molecule has 1 aromatic rings. The van der Waals surface area contributed by atoms with E-state index in [9.17, 15) is 17.7 Å². The molecule has 1 atom stereocenters. The van der Waals surface area contributed by atoms with Crippen molar-refractivity contribution in [2.24, 2.45) is 0 Å². The molecular formula is C12H14F3N2OPS. The highest BCUT2D eigenvalue weighted by Crippen LogP contribution is 2.51. The number of anilines is 1. The average Bonchev–Trinajstić information content (AvgIpc) is 2.25. The number of nitrogens with zero attached hydrogens (tertiary/aromatic N) is 1. The van der Waals surface area contributed by atoms with Crippen LogP contribution in [0.2, 0.25) is 0 Å². The molecule has 0 aromatic heterocycles. The smallest absolute Gasteiger partial charge is 0.332 e. The highest BCUT2D eigenvalue weighted by atomic mass is 32.1. The number of fused-ring (bicyclic) bond motifs is 1. The summed E-state index contributed by atoms with van der Waals surface area (Å²) in [6.07, 6.45) is -4.46. The molecule has 0 spiro atoms. The lowest BCUT2D eigenvalue weighted by Crippen LogP contribution is -2.44. The van der Waals surface area contributed by atoms with Gasteiger partial charge in [-0.05, 0) is 44.3 Å². The van der Waals surface area contributed by atoms with Crippen molar-refractivity contribution < 1.29 is 17.7 Å². The molecule has 1 N–H and O–H groups in total. The summed E-state index contributed by atoms with van der Waals surface area (Å²) in [7, 11) is -3.17. The first-order valence-corrected chi connectivity index (χ1v) is 8.46. The number of nitrogens with one attached hydrogen (secondary N) is 1. The van der Waals surface area contributed by atoms with E-state index in [1.54, 1.807) is 13.8 Å². The molecule has 1 unspecified atom stereocenters. The molecule has 1 aromatic carbocycles. The maximum Gasteiger partial charge on any atom is 0.416 e. The Morgan fingerprint density at radius 1 is 1.35 bits per heavy atom. The highest BCUT2D eigenvalue weighted by Gasteiger charge is 2.40. The third kappa shape index (κ3) is 2.44. The van der Waals surface area contributed by atoms with Crippen LogP contribution in [0.15, 0.2) is 18.2 Å². The fourth-order valence-corrected chi connectivity index (χ4v) is 5.55. The maximum atomic E-state index is 12.9. The maximum absolute atomic E-state index is 12.9. The lowest BCUT2D eigenvalue weighted by molar-refractivity contribution is -0.137. The quantitative estimate of drug-likeness (QED) is 0.632. The van der Waals surface area contributed by atoms with Crippen molar-refractivity contribution in [2.45, 2.75) is 26.1 Å². The van der Waals surface area contributed by atoms with Gasteiger partial charge < -0.3 is 5.32 Å². The second-order valence-corrected chi connectivity index (χ2v) is 8.03. The standard InChI is InChI=1S/C12H14F3N2OPS/c1-7(2)17-11(20)16-9-5-4-8(12(13,14)15)6-10(9)19(17,3)18/h4-7H,1-3H3,(H,16,20). The first-order valence-electron chi connectivity index (χ1n) is 5.95. The van der Waals surface area contributed by atoms with Gasteiger partial charge in [0.2, 0.25) is 7.29 Å². The van der Waals surface area contributed by atoms with Crippen LogP contribution in [0, 0.1) is 0 Å². The van der Waals surface area contributed by atoms with Gasteiger partial charge in [0.1, 0.15) is 0 Å². The van der Waals surface area contributed by atoms with Gasteiger partial charge in [-0.3, -0.25) is 9.24 Å². The number of hydrogen-bond acceptors (Lipinski definition) is 2. The Labute approximate surface area is 120 Å². The fraction of sp³-hybridized carbons (Fsp3) is 0.417. The van der Waals surface area contributed by atoms with E-state index in [1.165, 1.54) is 17.4 Å². The summed E-state index contributed by atoms with van der Waals surface area (Å²) < 4.78 is 52.8. The molecule has 20 heavy (non-hydrogen) atoms. The van der Waals surface area contributed by atoms with Crippen LogP contribution in [0.3, 0.4) is 0 Å². The van der Waals surface area contributed by atoms with Crippen molar-refractivity contribution in [3.8, 4) is 0 Å². The van der Waals surface area contributed by atoms with Gasteiger partial charge in [0.05, 0.1) is 16.6 Å². The van der Waals surface area contributed by atoms with E-state index < -0.39 is 19.0 Å². The summed E-state index contributed by atoms with van der Waals surface area (Å²) >= 11 is 5.16. The van der Waals surface area contributed by atoms with Crippen LogP contribution in [0.5, 0.6) is 0 Å². The van der Waals surface area contributed by atoms with Crippen molar-refractivity contribution in [1.29, 1.82) is 0 Å². The summed E-state index contributed by atoms with van der Waals surface area (Å²) in [5.74, 6) is 0. The minimum atomic E-state index is -4.46. The lowest BCUT2D eigenvalue weighted by atomic mass is 10.2. The van der Waals surface area contributed by atoms with Gasteiger partial charge in [-0.25, -0.2) is 0 Å².